The Kier molecular flexibility index (Phi) is 175. The van der Waals surface area contributed by atoms with Gasteiger partial charge < -0.3 is 11.5 Å². The Hall–Kier alpha value is -3.21. The van der Waals surface area contributed by atoms with Gasteiger partial charge in [-0.25, -0.2) is 45.6 Å². The van der Waals surface area contributed by atoms with E-state index in [4.69, 9.17) is 45.6 Å². The number of nitrogens with two attached hydrogens (primary N) is 2. The van der Waals surface area contributed by atoms with Gasteiger partial charge in [0.05, 0.1) is 0 Å². The third-order valence-corrected chi connectivity index (χ3v) is 0. The SMILES string of the molecule is N=C=O.N=C=O.N=C=O.N=C=O.NC(N)=O. The minimum absolute atomic E-state index is 0.750. The molecule has 2 amide bonds. The van der Waals surface area contributed by atoms with Gasteiger partial charge in [-0.3, -0.25) is 0 Å². The molecular weight excluding hydrogens is 224 g/mol. The highest BCUT2D eigenvalue weighted by atomic mass is 16.2. The number of urea groups is 1. The molecule has 0 bridgehead atoms. The highest BCUT2D eigenvalue weighted by Crippen LogP contribution is 1.25. The number of amides is 2. The predicted octanol–water partition coefficient (Wildman–Crippen LogP) is -1.37. The molecule has 0 heterocycles. The van der Waals surface area contributed by atoms with E-state index in [2.05, 4.69) is 11.5 Å². The van der Waals surface area contributed by atoms with Crippen LogP contribution >= 0.6 is 0 Å². The lowest BCUT2D eigenvalue weighted by Gasteiger charge is -1.62. The summed E-state index contributed by atoms with van der Waals surface area (Å²) < 4.78 is 0. The van der Waals surface area contributed by atoms with Crippen molar-refractivity contribution in [3.63, 3.8) is 0 Å². The summed E-state index contributed by atoms with van der Waals surface area (Å²) >= 11 is 0. The lowest BCUT2D eigenvalue weighted by atomic mass is 11.2. The van der Waals surface area contributed by atoms with E-state index in [1.165, 1.54) is 0 Å². The van der Waals surface area contributed by atoms with Crippen LogP contribution in [0.15, 0.2) is 0 Å². The smallest absolute Gasteiger partial charge is 0.309 e. The van der Waals surface area contributed by atoms with Crippen LogP contribution in [-0.2, 0) is 19.2 Å². The van der Waals surface area contributed by atoms with E-state index in [9.17, 15) is 0 Å². The zero-order valence-electron chi connectivity index (χ0n) is 7.70. The quantitative estimate of drug-likeness (QED) is 0.218. The van der Waals surface area contributed by atoms with Crippen molar-refractivity contribution in [2.24, 2.45) is 11.5 Å². The number of carbonyl (C=O) groups is 1. The average Bonchev–Trinajstić information content (AvgIpc) is 2.06. The summed E-state index contributed by atoms with van der Waals surface area (Å²) in [7, 11) is 0. The maximum absolute atomic E-state index is 9.00. The van der Waals surface area contributed by atoms with Gasteiger partial charge in [-0.15, -0.1) is 0 Å². The van der Waals surface area contributed by atoms with E-state index in [0.29, 0.717) is 0 Å². The number of primary amides is 2. The summed E-state index contributed by atoms with van der Waals surface area (Å²) in [5, 5.41) is 21.6. The van der Waals surface area contributed by atoms with Gasteiger partial charge in [0, 0.05) is 0 Å². The number of nitrogens with one attached hydrogen (secondary N) is 4. The lowest BCUT2D eigenvalue weighted by Crippen LogP contribution is -2.18. The van der Waals surface area contributed by atoms with Crippen LogP contribution in [0.5, 0.6) is 0 Å². The van der Waals surface area contributed by atoms with Crippen LogP contribution in [0.3, 0.4) is 0 Å². The number of isocyanates is 4. The van der Waals surface area contributed by atoms with Crippen LogP contribution < -0.4 is 11.5 Å². The Morgan fingerprint density at radius 3 is 0.688 bits per heavy atom. The second kappa shape index (κ2) is 95.6. The van der Waals surface area contributed by atoms with Gasteiger partial charge in [0.1, 0.15) is 0 Å². The van der Waals surface area contributed by atoms with Crippen LogP contribution in [0, 0.1) is 21.6 Å². The fourth-order valence-corrected chi connectivity index (χ4v) is 0. The molecule has 16 heavy (non-hydrogen) atoms. The van der Waals surface area contributed by atoms with E-state index < -0.39 is 6.03 Å². The van der Waals surface area contributed by atoms with Crippen molar-refractivity contribution in [3.05, 3.63) is 0 Å². The first-order valence-electron chi connectivity index (χ1n) is 2.60. The van der Waals surface area contributed by atoms with Gasteiger partial charge in [0.2, 0.25) is 24.3 Å². The first-order valence-corrected chi connectivity index (χ1v) is 2.60. The predicted molar refractivity (Wildman–Crippen MR) is 47.4 cm³/mol. The molecule has 11 nitrogen and oxygen atoms in total. The molecule has 0 aromatic heterocycles. The second-order valence-electron chi connectivity index (χ2n) is 0.811. The molecule has 0 rings (SSSR count). The molecule has 11 heteroatoms. The van der Waals surface area contributed by atoms with Crippen LogP contribution in [0.1, 0.15) is 0 Å². The Labute approximate surface area is 88.5 Å². The van der Waals surface area contributed by atoms with Crippen molar-refractivity contribution in [1.82, 2.24) is 0 Å². The minimum Gasteiger partial charge on any atom is -0.352 e. The van der Waals surface area contributed by atoms with Crippen molar-refractivity contribution in [2.75, 3.05) is 0 Å². The molecule has 0 atom stereocenters. The maximum Gasteiger partial charge on any atom is 0.309 e. The summed E-state index contributed by atoms with van der Waals surface area (Å²) in [4.78, 5) is 42.4. The minimum atomic E-state index is -0.833. The van der Waals surface area contributed by atoms with Crippen molar-refractivity contribution in [2.45, 2.75) is 0 Å². The highest BCUT2D eigenvalue weighted by molar-refractivity contribution is 5.69. The molecule has 0 unspecified atom stereocenters. The molecule has 0 saturated carbocycles. The first-order chi connectivity index (χ1) is 7.39. The number of hydrogen-bond acceptors (Lipinski definition) is 9. The largest absolute Gasteiger partial charge is 0.352 e. The highest BCUT2D eigenvalue weighted by Gasteiger charge is 1.60. The first kappa shape index (κ1) is 29.3. The molecule has 0 saturated heterocycles. The van der Waals surface area contributed by atoms with E-state index in [1.807, 2.05) is 0 Å². The zero-order chi connectivity index (χ0) is 14.4. The molecule has 0 aliphatic heterocycles. The molecule has 0 aliphatic carbocycles. The van der Waals surface area contributed by atoms with Gasteiger partial charge in [-0.2, -0.15) is 0 Å². The van der Waals surface area contributed by atoms with Gasteiger partial charge in [-0.1, -0.05) is 0 Å². The summed E-state index contributed by atoms with van der Waals surface area (Å²) in [6, 6.07) is -0.833. The normalized spacial score (nSPS) is 3.50. The third-order valence-electron chi connectivity index (χ3n) is 0. The third kappa shape index (κ3) is 100. The van der Waals surface area contributed by atoms with Crippen LogP contribution in [0.2, 0.25) is 0 Å². The second-order valence-corrected chi connectivity index (χ2v) is 0.811. The molecule has 0 spiro atoms. The molecular formula is C5H8N6O5. The van der Waals surface area contributed by atoms with Crippen LogP contribution in [-0.4, -0.2) is 30.4 Å². The Bertz CT molecular complexity index is 224. The van der Waals surface area contributed by atoms with E-state index in [-0.39, 0.29) is 0 Å². The van der Waals surface area contributed by atoms with E-state index in [1.54, 1.807) is 0 Å². The monoisotopic (exact) mass is 232 g/mol. The van der Waals surface area contributed by atoms with Crippen molar-refractivity contribution < 1.29 is 24.0 Å². The van der Waals surface area contributed by atoms with Crippen molar-refractivity contribution in [3.8, 4) is 0 Å². The summed E-state index contributed by atoms with van der Waals surface area (Å²) in [5.74, 6) is 0. The number of hydrogen-bond donors (Lipinski definition) is 6. The van der Waals surface area contributed by atoms with Crippen molar-refractivity contribution >= 4 is 30.4 Å². The van der Waals surface area contributed by atoms with Gasteiger partial charge in [0.25, 0.3) is 0 Å². The Balaban J connectivity index is -0.0000000317. The van der Waals surface area contributed by atoms with Crippen LogP contribution in [0.25, 0.3) is 0 Å². The zero-order valence-corrected chi connectivity index (χ0v) is 7.70. The fraction of sp³-hybridized carbons (Fsp3) is 0. The Morgan fingerprint density at radius 2 is 0.688 bits per heavy atom. The molecule has 8 N–H and O–H groups in total. The molecule has 0 aromatic rings. The standard InChI is InChI=1S/CH4N2O.4CHNO/c2-1(3)4;4*2-1-3/h(H4,2,3,4);4*2H. The number of rotatable bonds is 0. The summed E-state index contributed by atoms with van der Waals surface area (Å²) in [5.41, 5.74) is 8.50. The van der Waals surface area contributed by atoms with Gasteiger partial charge >= 0.3 is 6.03 Å². The maximum atomic E-state index is 9.00. The molecule has 0 aromatic carbocycles. The van der Waals surface area contributed by atoms with Gasteiger partial charge in [-0.05, 0) is 0 Å². The molecule has 0 fully saturated rings. The molecule has 88 valence electrons. The summed E-state index contributed by atoms with van der Waals surface area (Å²) in [6.07, 6.45) is 3.00. The molecule has 0 aliphatic rings. The molecule has 0 radical (unpaired) electrons. The van der Waals surface area contributed by atoms with E-state index in [0.717, 1.165) is 24.3 Å². The Morgan fingerprint density at radius 1 is 0.688 bits per heavy atom. The average molecular weight is 232 g/mol. The topological polar surface area (TPSA) is 233 Å². The summed E-state index contributed by atoms with van der Waals surface area (Å²) in [6.45, 7) is 0. The van der Waals surface area contributed by atoms with Crippen LogP contribution in [0.4, 0.5) is 4.79 Å². The van der Waals surface area contributed by atoms with Gasteiger partial charge in [0.15, 0.2) is 0 Å². The fourth-order valence-electron chi connectivity index (χ4n) is 0. The van der Waals surface area contributed by atoms with E-state index >= 15 is 0 Å². The lowest BCUT2D eigenvalue weighted by molar-refractivity contribution is 0.256. The number of carbonyl (C=O) groups excluding carboxylic acids is 5. The van der Waals surface area contributed by atoms with Crippen molar-refractivity contribution in [1.29, 1.82) is 21.6 Å².